The Morgan fingerprint density at radius 2 is 2.12 bits per heavy atom. The zero-order valence-corrected chi connectivity index (χ0v) is 10.3. The van der Waals surface area contributed by atoms with Gasteiger partial charge in [-0.2, -0.15) is 0 Å². The maximum atomic E-state index is 10.1. The molecule has 0 aliphatic carbocycles. The lowest BCUT2D eigenvalue weighted by Crippen LogP contribution is -2.21. The van der Waals surface area contributed by atoms with Gasteiger partial charge in [0, 0.05) is 13.0 Å². The number of benzene rings is 1. The molecule has 0 amide bonds. The molecule has 1 heterocycles. The minimum atomic E-state index is -0.441. The molecule has 1 N–H and O–H groups in total. The van der Waals surface area contributed by atoms with E-state index >= 15 is 0 Å². The lowest BCUT2D eigenvalue weighted by atomic mass is 9.99. The summed E-state index contributed by atoms with van der Waals surface area (Å²) >= 11 is 0. The molecule has 1 aliphatic heterocycles. The van der Waals surface area contributed by atoms with Gasteiger partial charge in [0.25, 0.3) is 0 Å². The Bertz CT molecular complexity index is 328. The number of hydrogen-bond acceptors (Lipinski definition) is 3. The van der Waals surface area contributed by atoms with Crippen LogP contribution in [0.5, 0.6) is 5.75 Å². The van der Waals surface area contributed by atoms with Crippen LogP contribution in [0.2, 0.25) is 0 Å². The van der Waals surface area contributed by atoms with Crippen LogP contribution in [0.15, 0.2) is 24.3 Å². The van der Waals surface area contributed by atoms with E-state index in [1.54, 1.807) is 7.11 Å². The Morgan fingerprint density at radius 1 is 1.35 bits per heavy atom. The van der Waals surface area contributed by atoms with E-state index in [2.05, 4.69) is 0 Å². The molecule has 3 heteroatoms. The molecular formula is C14H20O3. The van der Waals surface area contributed by atoms with Crippen LogP contribution in [-0.4, -0.2) is 24.9 Å². The number of aliphatic hydroxyl groups is 1. The van der Waals surface area contributed by atoms with Crippen LogP contribution < -0.4 is 4.74 Å². The molecule has 2 rings (SSSR count). The van der Waals surface area contributed by atoms with Crippen LogP contribution in [0.1, 0.15) is 37.4 Å². The van der Waals surface area contributed by atoms with E-state index in [9.17, 15) is 5.11 Å². The molecule has 1 aromatic carbocycles. The summed E-state index contributed by atoms with van der Waals surface area (Å²) in [5.74, 6) is 0.815. The standard InChI is InChI=1S/C14H20O3/c1-16-12-7-5-11(6-8-12)14(15)10-13-4-2-3-9-17-13/h5-8,13-15H,2-4,9-10H2,1H3. The Hall–Kier alpha value is -1.06. The molecule has 0 spiro atoms. The third-order valence-electron chi connectivity index (χ3n) is 3.26. The highest BCUT2D eigenvalue weighted by Gasteiger charge is 2.19. The van der Waals surface area contributed by atoms with Crippen LogP contribution in [-0.2, 0) is 4.74 Å². The first-order chi connectivity index (χ1) is 8.29. The van der Waals surface area contributed by atoms with Crippen molar-refractivity contribution < 1.29 is 14.6 Å². The highest BCUT2D eigenvalue weighted by atomic mass is 16.5. The van der Waals surface area contributed by atoms with Crippen LogP contribution >= 0.6 is 0 Å². The van der Waals surface area contributed by atoms with Gasteiger partial charge in [-0.15, -0.1) is 0 Å². The molecule has 1 fully saturated rings. The van der Waals surface area contributed by atoms with Gasteiger partial charge in [0.05, 0.1) is 19.3 Å². The van der Waals surface area contributed by atoms with Crippen LogP contribution in [0.4, 0.5) is 0 Å². The van der Waals surface area contributed by atoms with Gasteiger partial charge in [-0.25, -0.2) is 0 Å². The lowest BCUT2D eigenvalue weighted by Gasteiger charge is -2.24. The first-order valence-electron chi connectivity index (χ1n) is 6.23. The van der Waals surface area contributed by atoms with Crippen molar-refractivity contribution in [2.24, 2.45) is 0 Å². The highest BCUT2D eigenvalue weighted by molar-refractivity contribution is 5.28. The van der Waals surface area contributed by atoms with Crippen molar-refractivity contribution in [1.82, 2.24) is 0 Å². The Labute approximate surface area is 102 Å². The maximum absolute atomic E-state index is 10.1. The molecule has 2 unspecified atom stereocenters. The molecule has 2 atom stereocenters. The lowest BCUT2D eigenvalue weighted by molar-refractivity contribution is -0.0155. The largest absolute Gasteiger partial charge is 0.497 e. The second-order valence-corrected chi connectivity index (χ2v) is 4.51. The molecule has 1 saturated heterocycles. The zero-order valence-electron chi connectivity index (χ0n) is 10.3. The van der Waals surface area contributed by atoms with Crippen LogP contribution in [0, 0.1) is 0 Å². The fourth-order valence-corrected chi connectivity index (χ4v) is 2.20. The molecule has 1 aliphatic rings. The van der Waals surface area contributed by atoms with Gasteiger partial charge in [-0.3, -0.25) is 0 Å². The van der Waals surface area contributed by atoms with Gasteiger partial charge in [-0.1, -0.05) is 12.1 Å². The quantitative estimate of drug-likeness (QED) is 0.873. The van der Waals surface area contributed by atoms with Crippen molar-refractivity contribution in [3.8, 4) is 5.75 Å². The minimum Gasteiger partial charge on any atom is -0.497 e. The summed E-state index contributed by atoms with van der Waals surface area (Å²) in [6.07, 6.45) is 3.87. The summed E-state index contributed by atoms with van der Waals surface area (Å²) in [7, 11) is 1.64. The Balaban J connectivity index is 1.91. The topological polar surface area (TPSA) is 38.7 Å². The minimum absolute atomic E-state index is 0.209. The van der Waals surface area contributed by atoms with E-state index in [1.165, 1.54) is 6.42 Å². The zero-order chi connectivity index (χ0) is 12.1. The fraction of sp³-hybridized carbons (Fsp3) is 0.571. The maximum Gasteiger partial charge on any atom is 0.118 e. The summed E-state index contributed by atoms with van der Waals surface area (Å²) in [4.78, 5) is 0. The third kappa shape index (κ3) is 3.45. The van der Waals surface area contributed by atoms with Crippen LogP contribution in [0.3, 0.4) is 0 Å². The van der Waals surface area contributed by atoms with Gasteiger partial charge in [-0.05, 0) is 37.0 Å². The second-order valence-electron chi connectivity index (χ2n) is 4.51. The predicted molar refractivity (Wildman–Crippen MR) is 66.2 cm³/mol. The second kappa shape index (κ2) is 6.03. The first-order valence-corrected chi connectivity index (χ1v) is 6.23. The molecule has 17 heavy (non-hydrogen) atoms. The molecule has 0 aromatic heterocycles. The third-order valence-corrected chi connectivity index (χ3v) is 3.26. The van der Waals surface area contributed by atoms with E-state index in [1.807, 2.05) is 24.3 Å². The Morgan fingerprint density at radius 3 is 2.71 bits per heavy atom. The normalized spacial score (nSPS) is 22.1. The average Bonchev–Trinajstić information content (AvgIpc) is 2.40. The number of rotatable bonds is 4. The van der Waals surface area contributed by atoms with Crippen molar-refractivity contribution in [3.05, 3.63) is 29.8 Å². The highest BCUT2D eigenvalue weighted by Crippen LogP contribution is 2.25. The molecule has 0 saturated carbocycles. The van der Waals surface area contributed by atoms with E-state index < -0.39 is 6.10 Å². The van der Waals surface area contributed by atoms with E-state index in [-0.39, 0.29) is 6.10 Å². The van der Waals surface area contributed by atoms with Crippen LogP contribution in [0.25, 0.3) is 0 Å². The van der Waals surface area contributed by atoms with Crippen molar-refractivity contribution in [2.45, 2.75) is 37.9 Å². The SMILES string of the molecule is COc1ccc(C(O)CC2CCCCO2)cc1. The molecule has 1 aromatic rings. The number of hydrogen-bond donors (Lipinski definition) is 1. The van der Waals surface area contributed by atoms with Crippen molar-refractivity contribution in [2.75, 3.05) is 13.7 Å². The van der Waals surface area contributed by atoms with E-state index in [4.69, 9.17) is 9.47 Å². The van der Waals surface area contributed by atoms with Gasteiger partial charge >= 0.3 is 0 Å². The number of aliphatic hydroxyl groups excluding tert-OH is 1. The summed E-state index contributed by atoms with van der Waals surface area (Å²) in [5.41, 5.74) is 0.931. The summed E-state index contributed by atoms with van der Waals surface area (Å²) < 4.78 is 10.7. The molecule has 0 bridgehead atoms. The van der Waals surface area contributed by atoms with Gasteiger partial charge in [0.1, 0.15) is 5.75 Å². The average molecular weight is 236 g/mol. The van der Waals surface area contributed by atoms with Crippen molar-refractivity contribution in [1.29, 1.82) is 0 Å². The van der Waals surface area contributed by atoms with Crippen molar-refractivity contribution in [3.63, 3.8) is 0 Å². The first kappa shape index (κ1) is 12.4. The Kier molecular flexibility index (Phi) is 4.40. The molecule has 0 radical (unpaired) electrons. The smallest absolute Gasteiger partial charge is 0.118 e. The molecule has 94 valence electrons. The predicted octanol–water partition coefficient (Wildman–Crippen LogP) is 2.69. The van der Waals surface area contributed by atoms with E-state index in [0.717, 1.165) is 30.8 Å². The van der Waals surface area contributed by atoms with E-state index in [0.29, 0.717) is 6.42 Å². The fourth-order valence-electron chi connectivity index (χ4n) is 2.20. The molecule has 3 nitrogen and oxygen atoms in total. The molecular weight excluding hydrogens is 216 g/mol. The summed E-state index contributed by atoms with van der Waals surface area (Å²) in [6, 6.07) is 7.57. The number of ether oxygens (including phenoxy) is 2. The summed E-state index contributed by atoms with van der Waals surface area (Å²) in [5, 5.41) is 10.1. The summed E-state index contributed by atoms with van der Waals surface area (Å²) in [6.45, 7) is 0.833. The van der Waals surface area contributed by atoms with Crippen molar-refractivity contribution >= 4 is 0 Å². The van der Waals surface area contributed by atoms with Gasteiger partial charge in [0.15, 0.2) is 0 Å². The van der Waals surface area contributed by atoms with Gasteiger partial charge in [0.2, 0.25) is 0 Å². The monoisotopic (exact) mass is 236 g/mol. The number of methoxy groups -OCH3 is 1. The van der Waals surface area contributed by atoms with Gasteiger partial charge < -0.3 is 14.6 Å².